The van der Waals surface area contributed by atoms with Gasteiger partial charge in [-0.1, -0.05) is 242 Å². The minimum Gasteiger partial charge on any atom is -0.355 e. The zero-order valence-corrected chi connectivity index (χ0v) is 45.3. The minimum absolute atomic E-state index is 0.00917. The fourth-order valence-electron chi connectivity index (χ4n) is 11.8. The number of hydrogen-bond donors (Lipinski definition) is 1. The average molecular weight is 1000 g/mol. The number of hydrogen-bond acceptors (Lipinski definition) is 3. The molecule has 0 aromatic heterocycles. The lowest BCUT2D eigenvalue weighted by molar-refractivity contribution is 0.589. The number of anilines is 8. The van der Waals surface area contributed by atoms with Gasteiger partial charge in [0.2, 0.25) is 0 Å². The molecular weight excluding hydrogens is 942 g/mol. The summed E-state index contributed by atoms with van der Waals surface area (Å²) in [6.07, 6.45) is 0. The van der Waals surface area contributed by atoms with Crippen LogP contribution in [0.25, 0.3) is 55.6 Å². The van der Waals surface area contributed by atoms with Crippen molar-refractivity contribution in [2.75, 3.05) is 15.1 Å². The number of benzene rings is 11. The maximum absolute atomic E-state index is 4.13. The zero-order valence-electron chi connectivity index (χ0n) is 45.3. The average Bonchev–Trinajstić information content (AvgIpc) is 3.49. The lowest BCUT2D eigenvalue weighted by atomic mass is 9.33. The second-order valence-corrected chi connectivity index (χ2v) is 23.1. The molecule has 0 bridgehead atoms. The first-order valence-electron chi connectivity index (χ1n) is 27.4. The molecule has 2 heterocycles. The van der Waals surface area contributed by atoms with E-state index < -0.39 is 0 Å². The maximum atomic E-state index is 4.13. The van der Waals surface area contributed by atoms with Crippen LogP contribution in [0.2, 0.25) is 0 Å². The van der Waals surface area contributed by atoms with Gasteiger partial charge < -0.3 is 15.1 Å². The molecule has 78 heavy (non-hydrogen) atoms. The standard InChI is InChI=1S/C74H62BN3/c1-73(2,3)59-29-19-28-58(44-59)64-47-60(74(4,5)6)36-41-67(64)76-61-48-70-72-71(49-61)78(63-39-32-55(33-40-63)51-22-13-8-14-23-51)69-43-35-57(53-26-17-10-18-27-53)46-66(69)75(72)65-45-56(52-24-15-9-16-25-52)34-42-68(65)77(70)62-37-30-54(31-38-62)50-20-11-7-12-21-50/h7-49,76H,1-6H3. The van der Waals surface area contributed by atoms with Crippen LogP contribution >= 0.6 is 0 Å². The molecule has 13 rings (SSSR count). The summed E-state index contributed by atoms with van der Waals surface area (Å²) in [5.41, 5.74) is 27.1. The molecule has 0 saturated heterocycles. The van der Waals surface area contributed by atoms with Crippen LogP contribution in [0.15, 0.2) is 261 Å². The van der Waals surface area contributed by atoms with Gasteiger partial charge in [0.15, 0.2) is 0 Å². The number of nitrogens with zero attached hydrogens (tertiary/aromatic N) is 2. The highest BCUT2D eigenvalue weighted by Gasteiger charge is 2.44. The van der Waals surface area contributed by atoms with Crippen molar-refractivity contribution >= 4 is 68.6 Å². The second kappa shape index (κ2) is 19.5. The molecular formula is C74H62BN3. The summed E-state index contributed by atoms with van der Waals surface area (Å²) in [6, 6.07) is 96.7. The summed E-state index contributed by atoms with van der Waals surface area (Å²) in [5.74, 6) is 0. The molecule has 0 fully saturated rings. The Morgan fingerprint density at radius 1 is 0.308 bits per heavy atom. The summed E-state index contributed by atoms with van der Waals surface area (Å²) < 4.78 is 0. The fraction of sp³-hybridized carbons (Fsp3) is 0.108. The molecule has 0 atom stereocenters. The van der Waals surface area contributed by atoms with E-state index in [1.807, 2.05) is 0 Å². The van der Waals surface area contributed by atoms with Gasteiger partial charge in [0, 0.05) is 51.1 Å². The Hall–Kier alpha value is -9.12. The van der Waals surface area contributed by atoms with E-state index in [1.165, 1.54) is 83.1 Å². The van der Waals surface area contributed by atoms with E-state index in [0.717, 1.165) is 45.5 Å². The van der Waals surface area contributed by atoms with Crippen LogP contribution in [0.1, 0.15) is 52.7 Å². The predicted molar refractivity (Wildman–Crippen MR) is 335 cm³/mol. The summed E-state index contributed by atoms with van der Waals surface area (Å²) in [6.45, 7) is 13.7. The van der Waals surface area contributed by atoms with Crippen molar-refractivity contribution < 1.29 is 0 Å². The predicted octanol–water partition coefficient (Wildman–Crippen LogP) is 18.4. The lowest BCUT2D eigenvalue weighted by Gasteiger charge is -2.44. The van der Waals surface area contributed by atoms with E-state index in [0.29, 0.717) is 0 Å². The van der Waals surface area contributed by atoms with Crippen LogP contribution in [0, 0.1) is 0 Å². The Bertz CT molecular complexity index is 3790. The molecule has 0 aliphatic carbocycles. The minimum atomic E-state index is -0.108. The van der Waals surface area contributed by atoms with Gasteiger partial charge in [-0.2, -0.15) is 0 Å². The Balaban J connectivity index is 1.09. The van der Waals surface area contributed by atoms with Gasteiger partial charge in [0.25, 0.3) is 6.71 Å². The number of rotatable bonds is 9. The van der Waals surface area contributed by atoms with Crippen molar-refractivity contribution in [3.05, 3.63) is 272 Å². The molecule has 0 saturated carbocycles. The number of nitrogens with one attached hydrogen (secondary N) is 1. The van der Waals surface area contributed by atoms with E-state index in [1.54, 1.807) is 0 Å². The summed E-state index contributed by atoms with van der Waals surface area (Å²) in [5, 5.41) is 4.13. The topological polar surface area (TPSA) is 18.5 Å². The first kappa shape index (κ1) is 48.5. The normalized spacial score (nSPS) is 12.7. The largest absolute Gasteiger partial charge is 0.355 e. The molecule has 11 aromatic rings. The van der Waals surface area contributed by atoms with Crippen molar-refractivity contribution in [2.45, 2.75) is 52.4 Å². The molecule has 11 aromatic carbocycles. The molecule has 0 spiro atoms. The van der Waals surface area contributed by atoms with Crippen LogP contribution in [-0.2, 0) is 10.8 Å². The quantitative estimate of drug-likeness (QED) is 0.145. The van der Waals surface area contributed by atoms with Crippen molar-refractivity contribution in [1.82, 2.24) is 0 Å². The third kappa shape index (κ3) is 8.97. The van der Waals surface area contributed by atoms with Crippen LogP contribution < -0.4 is 31.5 Å². The molecule has 0 unspecified atom stereocenters. The first-order chi connectivity index (χ1) is 37.9. The van der Waals surface area contributed by atoms with Crippen LogP contribution in [0.5, 0.6) is 0 Å². The summed E-state index contributed by atoms with van der Waals surface area (Å²) >= 11 is 0. The van der Waals surface area contributed by atoms with Gasteiger partial charge in [-0.05, 0) is 149 Å². The Labute approximate surface area is 461 Å². The molecule has 2 aliphatic heterocycles. The number of fused-ring (bicyclic) bond motifs is 4. The van der Waals surface area contributed by atoms with Gasteiger partial charge >= 0.3 is 0 Å². The molecule has 2 aliphatic rings. The van der Waals surface area contributed by atoms with Crippen LogP contribution in [-0.4, -0.2) is 6.71 Å². The Kier molecular flexibility index (Phi) is 12.1. The van der Waals surface area contributed by atoms with Gasteiger partial charge in [0.1, 0.15) is 0 Å². The SMILES string of the molecule is CC(C)(C)c1cccc(-c2cc(C(C)(C)C)ccc2Nc2cc3c4c(c2)N(c2ccc(-c5ccccc5)cc2)c2ccc(-c5ccccc5)cc2B4c2cc(-c4ccccc4)ccc2N3c2ccc(-c3ccccc3)cc2)c1. The van der Waals surface area contributed by atoms with Gasteiger partial charge in [-0.3, -0.25) is 0 Å². The van der Waals surface area contributed by atoms with Crippen LogP contribution in [0.4, 0.5) is 45.5 Å². The summed E-state index contributed by atoms with van der Waals surface area (Å²) in [7, 11) is 0. The van der Waals surface area contributed by atoms with Crippen molar-refractivity contribution in [3.8, 4) is 55.6 Å². The van der Waals surface area contributed by atoms with E-state index in [-0.39, 0.29) is 17.5 Å². The highest BCUT2D eigenvalue weighted by atomic mass is 15.2. The monoisotopic (exact) mass is 1000 g/mol. The molecule has 3 nitrogen and oxygen atoms in total. The molecule has 1 N–H and O–H groups in total. The maximum Gasteiger partial charge on any atom is 0.252 e. The van der Waals surface area contributed by atoms with Crippen molar-refractivity contribution in [3.63, 3.8) is 0 Å². The van der Waals surface area contributed by atoms with Crippen molar-refractivity contribution in [1.29, 1.82) is 0 Å². The van der Waals surface area contributed by atoms with E-state index >= 15 is 0 Å². The van der Waals surface area contributed by atoms with E-state index in [2.05, 4.69) is 318 Å². The van der Waals surface area contributed by atoms with Gasteiger partial charge in [-0.25, -0.2) is 0 Å². The third-order valence-corrected chi connectivity index (χ3v) is 15.9. The molecule has 0 amide bonds. The third-order valence-electron chi connectivity index (χ3n) is 15.9. The van der Waals surface area contributed by atoms with Gasteiger partial charge in [-0.15, -0.1) is 0 Å². The Morgan fingerprint density at radius 2 is 0.692 bits per heavy atom. The highest BCUT2D eigenvalue weighted by molar-refractivity contribution is 7.00. The molecule has 376 valence electrons. The molecule has 4 heteroatoms. The summed E-state index contributed by atoms with van der Waals surface area (Å²) in [4.78, 5) is 5.05. The van der Waals surface area contributed by atoms with E-state index in [9.17, 15) is 0 Å². The fourth-order valence-corrected chi connectivity index (χ4v) is 11.8. The second-order valence-electron chi connectivity index (χ2n) is 23.1. The first-order valence-corrected chi connectivity index (χ1v) is 27.4. The highest BCUT2D eigenvalue weighted by Crippen LogP contribution is 2.48. The van der Waals surface area contributed by atoms with Gasteiger partial charge in [0.05, 0.1) is 0 Å². The van der Waals surface area contributed by atoms with E-state index in [4.69, 9.17) is 0 Å². The Morgan fingerprint density at radius 3 is 1.13 bits per heavy atom. The lowest BCUT2D eigenvalue weighted by Crippen LogP contribution is -2.61. The zero-order chi connectivity index (χ0) is 53.1. The van der Waals surface area contributed by atoms with Crippen LogP contribution in [0.3, 0.4) is 0 Å². The van der Waals surface area contributed by atoms with Crippen molar-refractivity contribution in [2.24, 2.45) is 0 Å². The molecule has 0 radical (unpaired) electrons. The smallest absolute Gasteiger partial charge is 0.252 e.